The van der Waals surface area contributed by atoms with Crippen LogP contribution in [-0.4, -0.2) is 32.8 Å². The molecule has 0 aliphatic rings. The molecular formula is C23H32FN7O. The predicted octanol–water partition coefficient (Wildman–Crippen LogP) is 3.69. The van der Waals surface area contributed by atoms with E-state index >= 15 is 0 Å². The van der Waals surface area contributed by atoms with Crippen LogP contribution in [0.4, 0.5) is 21.7 Å². The van der Waals surface area contributed by atoms with E-state index in [-0.39, 0.29) is 29.3 Å². The van der Waals surface area contributed by atoms with Crippen LogP contribution >= 0.6 is 0 Å². The number of pyridine rings is 1. The van der Waals surface area contributed by atoms with Crippen molar-refractivity contribution >= 4 is 34.1 Å². The lowest BCUT2D eigenvalue weighted by molar-refractivity contribution is 0.100. The van der Waals surface area contributed by atoms with Gasteiger partial charge in [0.25, 0.3) is 5.91 Å². The van der Waals surface area contributed by atoms with Crippen LogP contribution in [0.3, 0.4) is 0 Å². The number of aromatic nitrogens is 3. The molecule has 0 radical (unpaired) electrons. The molecule has 3 rings (SSSR count). The zero-order valence-electron chi connectivity index (χ0n) is 19.2. The number of rotatable bonds is 9. The largest absolute Gasteiger partial charge is 0.365 e. The summed E-state index contributed by atoms with van der Waals surface area (Å²) in [5, 5.41) is 11.8. The van der Waals surface area contributed by atoms with Gasteiger partial charge in [-0.25, -0.2) is 9.37 Å². The molecule has 0 spiro atoms. The number of anilines is 3. The molecule has 8 nitrogen and oxygen atoms in total. The van der Waals surface area contributed by atoms with Crippen molar-refractivity contribution in [3.8, 4) is 0 Å². The third-order valence-electron chi connectivity index (χ3n) is 5.45. The van der Waals surface area contributed by atoms with Crippen molar-refractivity contribution in [1.82, 2.24) is 14.8 Å². The Bertz CT molecular complexity index is 1120. The molecule has 0 saturated heterocycles. The lowest BCUT2D eigenvalue weighted by Gasteiger charge is -2.25. The number of nitrogens with two attached hydrogens (primary N) is 2. The summed E-state index contributed by atoms with van der Waals surface area (Å²) in [7, 11) is 1.89. The fraction of sp³-hybridized carbons (Fsp3) is 0.435. The van der Waals surface area contributed by atoms with Gasteiger partial charge in [-0.1, -0.05) is 20.8 Å². The number of nitrogens with one attached hydrogen (secondary N) is 2. The molecule has 2 atom stereocenters. The maximum atomic E-state index is 14.8. The van der Waals surface area contributed by atoms with Crippen molar-refractivity contribution < 1.29 is 9.18 Å². The molecule has 32 heavy (non-hydrogen) atoms. The van der Waals surface area contributed by atoms with Crippen LogP contribution in [0.15, 0.2) is 24.3 Å². The number of carbonyl (C=O) groups is 1. The number of aryl methyl sites for hydroxylation is 2. The van der Waals surface area contributed by atoms with Gasteiger partial charge in [-0.15, -0.1) is 0 Å². The van der Waals surface area contributed by atoms with Crippen molar-refractivity contribution in [3.05, 3.63) is 41.3 Å². The summed E-state index contributed by atoms with van der Waals surface area (Å²) in [5.74, 6) is -0.862. The molecule has 0 aliphatic carbocycles. The highest BCUT2D eigenvalue weighted by atomic mass is 19.1. The molecule has 2 aromatic heterocycles. The number of primary amides is 1. The third-order valence-corrected chi connectivity index (χ3v) is 5.45. The van der Waals surface area contributed by atoms with E-state index in [4.69, 9.17) is 11.5 Å². The molecular weight excluding hydrogens is 409 g/mol. The Morgan fingerprint density at radius 2 is 1.94 bits per heavy atom. The molecule has 0 bridgehead atoms. The number of fused-ring (bicyclic) bond motifs is 1. The van der Waals surface area contributed by atoms with Gasteiger partial charge in [0.1, 0.15) is 5.82 Å². The minimum atomic E-state index is -0.770. The summed E-state index contributed by atoms with van der Waals surface area (Å²) in [4.78, 5) is 16.4. The third kappa shape index (κ3) is 4.99. The molecule has 9 heteroatoms. The molecule has 6 N–H and O–H groups in total. The van der Waals surface area contributed by atoms with Crippen molar-refractivity contribution in [2.24, 2.45) is 24.4 Å². The maximum absolute atomic E-state index is 14.8. The van der Waals surface area contributed by atoms with E-state index in [1.54, 1.807) is 0 Å². The number of benzene rings is 1. The highest BCUT2D eigenvalue weighted by Gasteiger charge is 2.21. The van der Waals surface area contributed by atoms with Crippen LogP contribution in [0.1, 0.15) is 50.2 Å². The average molecular weight is 442 g/mol. The van der Waals surface area contributed by atoms with Crippen molar-refractivity contribution in [1.29, 1.82) is 0 Å². The van der Waals surface area contributed by atoms with Crippen molar-refractivity contribution in [2.45, 2.75) is 52.6 Å². The predicted molar refractivity (Wildman–Crippen MR) is 127 cm³/mol. The summed E-state index contributed by atoms with van der Waals surface area (Å²) < 4.78 is 16.6. The zero-order valence-corrected chi connectivity index (χ0v) is 19.2. The van der Waals surface area contributed by atoms with E-state index in [1.807, 2.05) is 43.8 Å². The zero-order chi connectivity index (χ0) is 23.6. The van der Waals surface area contributed by atoms with Crippen LogP contribution in [0, 0.1) is 11.7 Å². The second kappa shape index (κ2) is 9.52. The second-order valence-corrected chi connectivity index (χ2v) is 8.60. The van der Waals surface area contributed by atoms with Crippen LogP contribution in [0.25, 0.3) is 10.9 Å². The average Bonchev–Trinajstić information content (AvgIpc) is 3.04. The van der Waals surface area contributed by atoms with E-state index in [2.05, 4.69) is 34.6 Å². The molecule has 1 amide bonds. The first-order chi connectivity index (χ1) is 15.1. The standard InChI is InChI=1S/C23H32FN7O/c1-6-18-15-10-14(7-8-20(15)31(5)30-18)27-22-16(21(26)32)11-17(24)23(29-22)28-19(13(4)25)9-12(2)3/h7-8,10-13,19H,6,9,25H2,1-5H3,(H2,26,32)(H2,27,28,29)/t13-,19+/m0/s1. The first kappa shape index (κ1) is 23.5. The summed E-state index contributed by atoms with van der Waals surface area (Å²) in [6.45, 7) is 8.05. The lowest BCUT2D eigenvalue weighted by atomic mass is 9.99. The number of hydrogen-bond donors (Lipinski definition) is 4. The Morgan fingerprint density at radius 1 is 1.22 bits per heavy atom. The monoisotopic (exact) mass is 441 g/mol. The first-order valence-electron chi connectivity index (χ1n) is 10.9. The van der Waals surface area contributed by atoms with Gasteiger partial charge in [0.2, 0.25) is 0 Å². The number of halogens is 1. The first-order valence-corrected chi connectivity index (χ1v) is 10.9. The molecule has 0 aliphatic heterocycles. The summed E-state index contributed by atoms with van der Waals surface area (Å²) in [6, 6.07) is 6.44. The summed E-state index contributed by atoms with van der Waals surface area (Å²) in [6.07, 6.45) is 1.53. The van der Waals surface area contributed by atoms with Crippen molar-refractivity contribution in [3.63, 3.8) is 0 Å². The van der Waals surface area contributed by atoms with Crippen LogP contribution < -0.4 is 22.1 Å². The van der Waals surface area contributed by atoms with E-state index in [0.29, 0.717) is 11.6 Å². The number of hydrogen-bond acceptors (Lipinski definition) is 6. The van der Waals surface area contributed by atoms with Gasteiger partial charge in [-0.05, 0) is 49.9 Å². The van der Waals surface area contributed by atoms with Gasteiger partial charge in [0.15, 0.2) is 11.6 Å². The van der Waals surface area contributed by atoms with E-state index < -0.39 is 11.7 Å². The topological polar surface area (TPSA) is 124 Å². The maximum Gasteiger partial charge on any atom is 0.252 e. The minimum absolute atomic E-state index is 0.0251. The molecule has 0 fully saturated rings. The molecule has 0 unspecified atom stereocenters. The smallest absolute Gasteiger partial charge is 0.252 e. The molecule has 3 aromatic rings. The summed E-state index contributed by atoms with van der Waals surface area (Å²) >= 11 is 0. The highest BCUT2D eigenvalue weighted by molar-refractivity contribution is 5.99. The normalized spacial score (nSPS) is 13.4. The van der Waals surface area contributed by atoms with Gasteiger partial charge in [-0.3, -0.25) is 9.48 Å². The number of amides is 1. The van der Waals surface area contributed by atoms with Crippen LogP contribution in [0.5, 0.6) is 0 Å². The molecule has 1 aromatic carbocycles. The second-order valence-electron chi connectivity index (χ2n) is 8.60. The Balaban J connectivity index is 2.00. The van der Waals surface area contributed by atoms with Crippen LogP contribution in [0.2, 0.25) is 0 Å². The molecule has 172 valence electrons. The Kier molecular flexibility index (Phi) is 6.98. The van der Waals surface area contributed by atoms with E-state index in [0.717, 1.165) is 35.5 Å². The Hall–Kier alpha value is -3.20. The van der Waals surface area contributed by atoms with Crippen molar-refractivity contribution in [2.75, 3.05) is 10.6 Å². The van der Waals surface area contributed by atoms with Gasteiger partial charge in [0.05, 0.1) is 16.8 Å². The van der Waals surface area contributed by atoms with Gasteiger partial charge >= 0.3 is 0 Å². The fourth-order valence-electron chi connectivity index (χ4n) is 3.78. The molecule has 2 heterocycles. The van der Waals surface area contributed by atoms with E-state index in [9.17, 15) is 9.18 Å². The Morgan fingerprint density at radius 3 is 2.53 bits per heavy atom. The fourth-order valence-corrected chi connectivity index (χ4v) is 3.78. The van der Waals surface area contributed by atoms with Gasteiger partial charge < -0.3 is 22.1 Å². The van der Waals surface area contributed by atoms with E-state index in [1.165, 1.54) is 0 Å². The van der Waals surface area contributed by atoms with Crippen LogP contribution in [-0.2, 0) is 13.5 Å². The number of nitrogens with zero attached hydrogens (tertiary/aromatic N) is 3. The highest BCUT2D eigenvalue weighted by Crippen LogP contribution is 2.28. The Labute approximate surface area is 187 Å². The quantitative estimate of drug-likeness (QED) is 0.401. The van der Waals surface area contributed by atoms with Gasteiger partial charge in [-0.2, -0.15) is 5.10 Å². The number of carbonyl (C=O) groups excluding carboxylic acids is 1. The van der Waals surface area contributed by atoms with Gasteiger partial charge in [0, 0.05) is 30.2 Å². The molecule has 0 saturated carbocycles. The minimum Gasteiger partial charge on any atom is -0.365 e. The SMILES string of the molecule is CCc1nn(C)c2ccc(Nc3nc(N[C@H](CC(C)C)[C@H](C)N)c(F)cc3C(N)=O)cc12. The lowest BCUT2D eigenvalue weighted by Crippen LogP contribution is -2.39. The summed E-state index contributed by atoms with van der Waals surface area (Å²) in [5.41, 5.74) is 14.2.